The van der Waals surface area contributed by atoms with Crippen molar-refractivity contribution in [1.29, 1.82) is 0 Å². The second-order valence-electron chi connectivity index (χ2n) is 7.38. The molecule has 2 aromatic rings. The lowest BCUT2D eigenvalue weighted by Crippen LogP contribution is -2.40. The Labute approximate surface area is 176 Å². The van der Waals surface area contributed by atoms with Gasteiger partial charge in [0.1, 0.15) is 5.75 Å². The average Bonchev–Trinajstić information content (AvgIpc) is 2.73. The van der Waals surface area contributed by atoms with Crippen LogP contribution < -0.4 is 10.1 Å². The molecular weight excluding hydrogens is 416 g/mol. The molecule has 150 valence electrons. The third kappa shape index (κ3) is 6.08. The van der Waals surface area contributed by atoms with E-state index in [0.29, 0.717) is 0 Å². The molecule has 1 heterocycles. The summed E-state index contributed by atoms with van der Waals surface area (Å²) in [6, 6.07) is 16.6. The summed E-state index contributed by atoms with van der Waals surface area (Å²) >= 11 is 3.48. The first-order valence-electron chi connectivity index (χ1n) is 10.0. The molecule has 0 unspecified atom stereocenters. The van der Waals surface area contributed by atoms with E-state index >= 15 is 0 Å². The summed E-state index contributed by atoms with van der Waals surface area (Å²) in [7, 11) is 1.70. The molecule has 1 aliphatic heterocycles. The van der Waals surface area contributed by atoms with E-state index in [9.17, 15) is 4.79 Å². The first-order chi connectivity index (χ1) is 13.7. The molecule has 28 heavy (non-hydrogen) atoms. The maximum atomic E-state index is 12.5. The molecule has 5 heteroatoms. The summed E-state index contributed by atoms with van der Waals surface area (Å²) in [5, 5.41) is 3.13. The van der Waals surface area contributed by atoms with Crippen molar-refractivity contribution in [3.05, 3.63) is 64.1 Å². The Kier molecular flexibility index (Phi) is 7.92. The number of nitrogens with zero attached hydrogens (tertiary/aromatic N) is 1. The van der Waals surface area contributed by atoms with Gasteiger partial charge in [0.15, 0.2) is 0 Å². The molecule has 0 aliphatic carbocycles. The zero-order chi connectivity index (χ0) is 19.8. The lowest BCUT2D eigenvalue weighted by atomic mass is 9.95. The number of carbonyl (C=O) groups is 1. The van der Waals surface area contributed by atoms with Gasteiger partial charge in [-0.05, 0) is 68.1 Å². The highest BCUT2D eigenvalue weighted by Gasteiger charge is 2.24. The van der Waals surface area contributed by atoms with Crippen LogP contribution in [0.25, 0.3) is 0 Å². The molecule has 1 saturated heterocycles. The van der Waals surface area contributed by atoms with Crippen LogP contribution in [0.3, 0.4) is 0 Å². The number of benzene rings is 2. The second-order valence-corrected chi connectivity index (χ2v) is 8.30. The van der Waals surface area contributed by atoms with E-state index in [1.807, 2.05) is 18.2 Å². The molecule has 1 amide bonds. The van der Waals surface area contributed by atoms with Crippen molar-refractivity contribution in [2.24, 2.45) is 5.92 Å². The highest BCUT2D eigenvalue weighted by Crippen LogP contribution is 2.21. The molecule has 2 aromatic carbocycles. The third-order valence-corrected chi connectivity index (χ3v) is 5.92. The maximum absolute atomic E-state index is 12.5. The van der Waals surface area contributed by atoms with Crippen molar-refractivity contribution in [3.63, 3.8) is 0 Å². The minimum Gasteiger partial charge on any atom is -0.496 e. The van der Waals surface area contributed by atoms with Crippen LogP contribution in [-0.4, -0.2) is 37.6 Å². The molecule has 1 N–H and O–H groups in total. The van der Waals surface area contributed by atoms with Crippen molar-refractivity contribution >= 4 is 21.8 Å². The first kappa shape index (κ1) is 20.9. The molecular formula is C23H29BrN2O2. The normalized spacial score (nSPS) is 15.4. The molecule has 4 nitrogen and oxygen atoms in total. The smallest absolute Gasteiger partial charge is 0.223 e. The maximum Gasteiger partial charge on any atom is 0.223 e. The number of amides is 1. The number of nitrogens with one attached hydrogen (secondary N) is 1. The van der Waals surface area contributed by atoms with Crippen LogP contribution in [-0.2, 0) is 17.8 Å². The summed E-state index contributed by atoms with van der Waals surface area (Å²) in [5.74, 6) is 1.28. The zero-order valence-corrected chi connectivity index (χ0v) is 18.1. The average molecular weight is 445 g/mol. The summed E-state index contributed by atoms with van der Waals surface area (Å²) in [5.41, 5.74) is 2.52. The largest absolute Gasteiger partial charge is 0.496 e. The van der Waals surface area contributed by atoms with E-state index in [4.69, 9.17) is 4.74 Å². The van der Waals surface area contributed by atoms with Crippen LogP contribution >= 0.6 is 15.9 Å². The Morgan fingerprint density at radius 2 is 1.86 bits per heavy atom. The summed E-state index contributed by atoms with van der Waals surface area (Å²) in [6.07, 6.45) is 3.72. The van der Waals surface area contributed by atoms with E-state index in [1.165, 1.54) is 11.1 Å². The lowest BCUT2D eigenvalue weighted by Gasteiger charge is -2.31. The van der Waals surface area contributed by atoms with Crippen LogP contribution in [0.15, 0.2) is 53.0 Å². The first-order valence-corrected chi connectivity index (χ1v) is 10.8. The number of likely N-dealkylation sites (tertiary alicyclic amines) is 1. The van der Waals surface area contributed by atoms with E-state index in [1.54, 1.807) is 7.11 Å². The van der Waals surface area contributed by atoms with Gasteiger partial charge in [-0.2, -0.15) is 0 Å². The topological polar surface area (TPSA) is 41.6 Å². The fourth-order valence-electron chi connectivity index (χ4n) is 3.75. The molecule has 0 aromatic heterocycles. The summed E-state index contributed by atoms with van der Waals surface area (Å²) in [4.78, 5) is 14.9. The van der Waals surface area contributed by atoms with Crippen LogP contribution in [0.5, 0.6) is 5.75 Å². The van der Waals surface area contributed by atoms with Gasteiger partial charge in [-0.1, -0.05) is 46.3 Å². The molecule has 0 radical (unpaired) electrons. The minimum atomic E-state index is 0.146. The van der Waals surface area contributed by atoms with Gasteiger partial charge < -0.3 is 10.1 Å². The highest BCUT2D eigenvalue weighted by molar-refractivity contribution is 9.10. The SMILES string of the molecule is COc1ccccc1CCCNC(=O)C1CCN(Cc2ccc(Br)cc2)CC1. The number of hydrogen-bond acceptors (Lipinski definition) is 3. The Bertz CT molecular complexity index is 755. The fourth-order valence-corrected chi connectivity index (χ4v) is 4.01. The quantitative estimate of drug-likeness (QED) is 0.612. The monoisotopic (exact) mass is 444 g/mol. The van der Waals surface area contributed by atoms with Gasteiger partial charge >= 0.3 is 0 Å². The summed E-state index contributed by atoms with van der Waals surface area (Å²) in [6.45, 7) is 3.64. The second kappa shape index (κ2) is 10.6. The molecule has 0 atom stereocenters. The Morgan fingerprint density at radius 3 is 2.57 bits per heavy atom. The van der Waals surface area contributed by atoms with Gasteiger partial charge in [-0.25, -0.2) is 0 Å². The van der Waals surface area contributed by atoms with E-state index in [2.05, 4.69) is 56.5 Å². The van der Waals surface area contributed by atoms with Gasteiger partial charge in [-0.15, -0.1) is 0 Å². The number of para-hydroxylation sites is 1. The highest BCUT2D eigenvalue weighted by atomic mass is 79.9. The number of carbonyl (C=O) groups excluding carboxylic acids is 1. The number of ether oxygens (including phenoxy) is 1. The Morgan fingerprint density at radius 1 is 1.14 bits per heavy atom. The van der Waals surface area contributed by atoms with Crippen molar-refractivity contribution in [2.75, 3.05) is 26.7 Å². The van der Waals surface area contributed by atoms with E-state index in [0.717, 1.165) is 62.1 Å². The Hall–Kier alpha value is -1.85. The zero-order valence-electron chi connectivity index (χ0n) is 16.5. The van der Waals surface area contributed by atoms with Gasteiger partial charge in [0.25, 0.3) is 0 Å². The fraction of sp³-hybridized carbons (Fsp3) is 0.435. The number of rotatable bonds is 8. The molecule has 0 spiro atoms. The van der Waals surface area contributed by atoms with Crippen LogP contribution in [0, 0.1) is 5.92 Å². The molecule has 1 fully saturated rings. The van der Waals surface area contributed by atoms with Gasteiger partial charge in [0, 0.05) is 23.5 Å². The van der Waals surface area contributed by atoms with Crippen molar-refractivity contribution < 1.29 is 9.53 Å². The van der Waals surface area contributed by atoms with Crippen LogP contribution in [0.4, 0.5) is 0 Å². The van der Waals surface area contributed by atoms with E-state index in [-0.39, 0.29) is 11.8 Å². The third-order valence-electron chi connectivity index (χ3n) is 5.39. The Balaban J connectivity index is 1.35. The van der Waals surface area contributed by atoms with Crippen LogP contribution in [0.1, 0.15) is 30.4 Å². The number of aryl methyl sites for hydroxylation is 1. The van der Waals surface area contributed by atoms with Gasteiger partial charge in [0.2, 0.25) is 5.91 Å². The van der Waals surface area contributed by atoms with Gasteiger partial charge in [0.05, 0.1) is 7.11 Å². The van der Waals surface area contributed by atoms with E-state index < -0.39 is 0 Å². The number of halogens is 1. The predicted octanol–water partition coefficient (Wildman–Crippen LogP) is 4.42. The van der Waals surface area contributed by atoms with Gasteiger partial charge in [-0.3, -0.25) is 9.69 Å². The van der Waals surface area contributed by atoms with Crippen molar-refractivity contribution in [1.82, 2.24) is 10.2 Å². The summed E-state index contributed by atoms with van der Waals surface area (Å²) < 4.78 is 6.49. The van der Waals surface area contributed by atoms with Crippen LogP contribution in [0.2, 0.25) is 0 Å². The number of methoxy groups -OCH3 is 1. The van der Waals surface area contributed by atoms with Crippen molar-refractivity contribution in [2.45, 2.75) is 32.2 Å². The predicted molar refractivity (Wildman–Crippen MR) is 116 cm³/mol. The number of hydrogen-bond donors (Lipinski definition) is 1. The molecule has 0 saturated carbocycles. The molecule has 3 rings (SSSR count). The minimum absolute atomic E-state index is 0.146. The molecule has 0 bridgehead atoms. The number of piperidine rings is 1. The van der Waals surface area contributed by atoms with Crippen molar-refractivity contribution in [3.8, 4) is 5.75 Å². The lowest BCUT2D eigenvalue weighted by molar-refractivity contribution is -0.126. The molecule has 1 aliphatic rings. The standard InChI is InChI=1S/C23H29BrN2O2/c1-28-22-7-3-2-5-19(22)6-4-14-25-23(27)20-12-15-26(16-13-20)17-18-8-10-21(24)11-9-18/h2-3,5,7-11,20H,4,6,12-17H2,1H3,(H,25,27).